The van der Waals surface area contributed by atoms with Gasteiger partial charge < -0.3 is 85.3 Å². The minimum atomic E-state index is -1.32. The van der Waals surface area contributed by atoms with Crippen molar-refractivity contribution in [3.63, 3.8) is 0 Å². The molecule has 0 spiro atoms. The Morgan fingerprint density at radius 3 is 0.667 bits per heavy atom. The van der Waals surface area contributed by atoms with Crippen molar-refractivity contribution in [2.75, 3.05) is 0 Å². The van der Waals surface area contributed by atoms with Crippen molar-refractivity contribution in [3.8, 4) is 138 Å². The first kappa shape index (κ1) is 72.2. The Bertz CT molecular complexity index is 4100. The maximum atomic E-state index is 14.0. The second-order valence-corrected chi connectivity index (χ2v) is 19.3. The summed E-state index contributed by atoms with van der Waals surface area (Å²) in [6.45, 7) is 13.1. The SMILES string of the molecule is CC(=O)Oc1cc(OC(C)=O)cc(Oc2c(Oc3c(OC(C)=O)cc(OC(C)=O)cc3OC(C)=O)cc(OC(C)=O)cc2Oc2c(OC(C)=O)cc(Oc3c(OC(C)=O)cc(OC(C)=O)cc3OC(C)=O)c(-c3c(OC(C)=O)cc(OC(C)=O)cc3OC(C)=O)c2OC(C)=O)c1. The van der Waals surface area contributed by atoms with Crippen LogP contribution in [0.5, 0.6) is 126 Å². The van der Waals surface area contributed by atoms with Crippen molar-refractivity contribution in [2.24, 2.45) is 0 Å². The molecular weight excluding hydrogens is 1280 g/mol. The van der Waals surface area contributed by atoms with Crippen LogP contribution in [-0.4, -0.2) is 83.6 Å². The van der Waals surface area contributed by atoms with Crippen LogP contribution in [0.15, 0.2) is 72.8 Å². The first-order valence-electron chi connectivity index (χ1n) is 27.4. The molecule has 0 heterocycles. The van der Waals surface area contributed by atoms with E-state index in [1.54, 1.807) is 0 Å². The number of benzene rings is 6. The minimum absolute atomic E-state index is 0.357. The van der Waals surface area contributed by atoms with Gasteiger partial charge in [0.2, 0.25) is 23.0 Å². The quantitative estimate of drug-likeness (QED) is 0.0425. The molecule has 0 N–H and O–H groups in total. The second-order valence-electron chi connectivity index (χ2n) is 19.3. The van der Waals surface area contributed by atoms with Gasteiger partial charge >= 0.3 is 83.6 Å². The van der Waals surface area contributed by atoms with Gasteiger partial charge in [0, 0.05) is 170 Å². The maximum absolute atomic E-state index is 14.0. The zero-order chi connectivity index (χ0) is 71.2. The van der Waals surface area contributed by atoms with E-state index in [-0.39, 0.29) is 11.5 Å². The Morgan fingerprint density at radius 1 is 0.167 bits per heavy atom. The highest BCUT2D eigenvalue weighted by atomic mass is 16.6. The van der Waals surface area contributed by atoms with Crippen LogP contribution in [-0.2, 0) is 67.1 Å². The van der Waals surface area contributed by atoms with Crippen molar-refractivity contribution in [1.82, 2.24) is 0 Å². The van der Waals surface area contributed by atoms with Gasteiger partial charge in [-0.1, -0.05) is 0 Å². The van der Waals surface area contributed by atoms with Crippen molar-refractivity contribution >= 4 is 83.6 Å². The third-order valence-corrected chi connectivity index (χ3v) is 10.7. The lowest BCUT2D eigenvalue weighted by Gasteiger charge is -2.25. The van der Waals surface area contributed by atoms with Crippen LogP contribution in [0.1, 0.15) is 96.9 Å². The molecule has 32 nitrogen and oxygen atoms in total. The van der Waals surface area contributed by atoms with Crippen LogP contribution in [0.4, 0.5) is 0 Å². The molecular formula is C64H54O32. The van der Waals surface area contributed by atoms with Crippen LogP contribution in [0.3, 0.4) is 0 Å². The second kappa shape index (κ2) is 31.4. The molecule has 0 aliphatic rings. The van der Waals surface area contributed by atoms with E-state index in [1.165, 1.54) is 0 Å². The van der Waals surface area contributed by atoms with E-state index in [9.17, 15) is 67.1 Å². The number of carbonyl (C=O) groups is 14. The fourth-order valence-corrected chi connectivity index (χ4v) is 8.20. The van der Waals surface area contributed by atoms with Crippen molar-refractivity contribution < 1.29 is 152 Å². The minimum Gasteiger partial charge on any atom is -0.449 e. The number of ether oxygens (including phenoxy) is 18. The smallest absolute Gasteiger partial charge is 0.308 e. The van der Waals surface area contributed by atoms with E-state index < -0.39 is 210 Å². The predicted octanol–water partition coefficient (Wildman–Crippen LogP) is 9.48. The molecule has 32 heteroatoms. The molecule has 96 heavy (non-hydrogen) atoms. The van der Waals surface area contributed by atoms with Crippen molar-refractivity contribution in [2.45, 2.75) is 96.9 Å². The summed E-state index contributed by atoms with van der Waals surface area (Å²) in [7, 11) is 0. The zero-order valence-electron chi connectivity index (χ0n) is 53.0. The van der Waals surface area contributed by atoms with Crippen molar-refractivity contribution in [3.05, 3.63) is 72.8 Å². The Balaban J connectivity index is 1.95. The Labute approximate surface area is 541 Å². The lowest BCUT2D eigenvalue weighted by Crippen LogP contribution is -2.12. The summed E-state index contributed by atoms with van der Waals surface area (Å²) in [5.74, 6) is -30.1. The summed E-state index contributed by atoms with van der Waals surface area (Å²) < 4.78 is 103. The van der Waals surface area contributed by atoms with E-state index in [1.807, 2.05) is 0 Å². The molecule has 0 saturated carbocycles. The molecule has 0 fully saturated rings. The first-order valence-corrected chi connectivity index (χ1v) is 27.4. The third kappa shape index (κ3) is 20.6. The Morgan fingerprint density at radius 2 is 0.375 bits per heavy atom. The molecule has 0 amide bonds. The monoisotopic (exact) mass is 1330 g/mol. The summed E-state index contributed by atoms with van der Waals surface area (Å²) in [6, 6.07) is 11.2. The van der Waals surface area contributed by atoms with Crippen LogP contribution in [0, 0.1) is 0 Å². The highest BCUT2D eigenvalue weighted by molar-refractivity contribution is 5.95. The van der Waals surface area contributed by atoms with Gasteiger partial charge in [-0.25, -0.2) is 0 Å². The highest BCUT2D eigenvalue weighted by Crippen LogP contribution is 2.61. The highest BCUT2D eigenvalue weighted by Gasteiger charge is 2.36. The van der Waals surface area contributed by atoms with Gasteiger partial charge in [0.1, 0.15) is 57.5 Å². The van der Waals surface area contributed by atoms with Gasteiger partial charge in [-0.05, 0) is 0 Å². The fourth-order valence-electron chi connectivity index (χ4n) is 8.20. The van der Waals surface area contributed by atoms with Crippen LogP contribution in [0.2, 0.25) is 0 Å². The molecule has 0 radical (unpaired) electrons. The van der Waals surface area contributed by atoms with Crippen LogP contribution >= 0.6 is 0 Å². The number of hydrogen-bond donors (Lipinski definition) is 0. The summed E-state index contributed by atoms with van der Waals surface area (Å²) in [5, 5.41) is 0. The van der Waals surface area contributed by atoms with Gasteiger partial charge in [-0.2, -0.15) is 0 Å². The van der Waals surface area contributed by atoms with Gasteiger partial charge in [0.15, 0.2) is 46.0 Å². The van der Waals surface area contributed by atoms with Gasteiger partial charge in [-0.3, -0.25) is 67.1 Å². The van der Waals surface area contributed by atoms with E-state index in [2.05, 4.69) is 0 Å². The molecule has 0 bridgehead atoms. The van der Waals surface area contributed by atoms with Crippen molar-refractivity contribution in [1.29, 1.82) is 0 Å². The molecule has 6 rings (SSSR count). The van der Waals surface area contributed by atoms with Crippen LogP contribution in [0.25, 0.3) is 11.1 Å². The zero-order valence-corrected chi connectivity index (χ0v) is 53.0. The molecule has 0 atom stereocenters. The third-order valence-electron chi connectivity index (χ3n) is 10.7. The molecule has 0 saturated heterocycles. The van der Waals surface area contributed by atoms with E-state index in [0.29, 0.717) is 0 Å². The Kier molecular flexibility index (Phi) is 23.6. The van der Waals surface area contributed by atoms with E-state index >= 15 is 0 Å². The fraction of sp³-hybridized carbons (Fsp3) is 0.219. The maximum Gasteiger partial charge on any atom is 0.308 e. The molecule has 0 aliphatic heterocycles. The summed E-state index contributed by atoms with van der Waals surface area (Å²) in [6.07, 6.45) is 0. The standard InChI is InChI=1S/C64H54O32/c1-27(65)79-41-15-42(80-28(2)66)17-43(16-41)93-60-55(95-62-53(89-37(11)75)22-46(83-31(5)69)23-54(62)90-38(12)76)24-47(84-32(6)70)25-56(60)96-63-57(91-39(13)77)26-50(94-61-51(87-35(9)73)20-45(82-30(4)68)21-52(61)88-36(10)74)59(64(63)92-40(14)78)58-48(85-33(7)71)18-44(81-29(3)67)19-49(58)86-34(8)72/h15-26H,1-14H3. The van der Waals surface area contributed by atoms with E-state index in [0.717, 1.165) is 170 Å². The summed E-state index contributed by atoms with van der Waals surface area (Å²) in [4.78, 5) is 180. The largest absolute Gasteiger partial charge is 0.449 e. The lowest BCUT2D eigenvalue weighted by molar-refractivity contribution is -0.133. The molecule has 0 aromatic heterocycles. The molecule has 6 aromatic carbocycles. The average Bonchev–Trinajstić information content (AvgIpc) is 0.755. The van der Waals surface area contributed by atoms with E-state index in [4.69, 9.17) is 85.3 Å². The summed E-state index contributed by atoms with van der Waals surface area (Å²) in [5.41, 5.74) is -1.55. The van der Waals surface area contributed by atoms with Gasteiger partial charge in [0.05, 0.1) is 11.1 Å². The predicted molar refractivity (Wildman–Crippen MR) is 316 cm³/mol. The van der Waals surface area contributed by atoms with Gasteiger partial charge in [0.25, 0.3) is 0 Å². The first-order chi connectivity index (χ1) is 45.0. The summed E-state index contributed by atoms with van der Waals surface area (Å²) >= 11 is 0. The normalized spacial score (nSPS) is 10.4. The van der Waals surface area contributed by atoms with Crippen LogP contribution < -0.4 is 85.3 Å². The van der Waals surface area contributed by atoms with Gasteiger partial charge in [-0.15, -0.1) is 0 Å². The molecule has 6 aromatic rings. The average molecular weight is 1340 g/mol. The molecule has 0 aliphatic carbocycles. The number of hydrogen-bond acceptors (Lipinski definition) is 32. The topological polar surface area (TPSA) is 405 Å². The Hall–Kier alpha value is -12.9. The molecule has 0 unspecified atom stereocenters. The lowest BCUT2D eigenvalue weighted by atomic mass is 9.99. The molecule has 502 valence electrons. The number of rotatable bonds is 23. The number of carbonyl (C=O) groups excluding carboxylic acids is 14. The number of esters is 14.